The number of aromatic nitrogens is 2. The number of amidine groups is 2. The van der Waals surface area contributed by atoms with Crippen molar-refractivity contribution in [3.63, 3.8) is 0 Å². The highest BCUT2D eigenvalue weighted by Gasteiger charge is 2.22. The molecule has 1 N–H and O–H groups in total. The standard InChI is InChI=1S/C39H31N5S.CH4S/c1-3-12-25(13-4-2)36-41-37(26-14-6-5-7-15-26)43-38(42-36)27-20-22-28(23-21-27)44-32-18-10-8-17-30(32)35-33(44)24-31-29-16-9-11-19-34(29)45-39(31)40-35;1-2/h3-4,6,8-24,37H,1,5,7H2,2H3,(H,41,42,43);2H,1H3/b13-4-,25-12+;. The topological polar surface area (TPSA) is 54.6 Å². The van der Waals surface area contributed by atoms with Gasteiger partial charge in [0.15, 0.2) is 6.17 Å². The Balaban J connectivity index is 0.00000172. The molecule has 47 heavy (non-hydrogen) atoms. The smallest absolute Gasteiger partial charge is 0.169 e. The number of aliphatic imine (C=N–C) groups is 2. The molecule has 0 amide bonds. The van der Waals surface area contributed by atoms with E-state index >= 15 is 0 Å². The lowest BCUT2D eigenvalue weighted by Gasteiger charge is -2.24. The molecular weight excluding hydrogens is 615 g/mol. The number of thiol groups is 1. The summed E-state index contributed by atoms with van der Waals surface area (Å²) in [5.41, 5.74) is 7.43. The molecule has 4 heterocycles. The van der Waals surface area contributed by atoms with Gasteiger partial charge < -0.3 is 9.88 Å². The fourth-order valence-corrected chi connectivity index (χ4v) is 7.35. The van der Waals surface area contributed by atoms with Crippen LogP contribution in [-0.4, -0.2) is 33.6 Å². The zero-order chi connectivity index (χ0) is 32.3. The molecule has 3 aromatic carbocycles. The Morgan fingerprint density at radius 1 is 0.936 bits per heavy atom. The third kappa shape index (κ3) is 5.66. The van der Waals surface area contributed by atoms with Gasteiger partial charge in [-0.25, -0.2) is 15.0 Å². The minimum atomic E-state index is -0.308. The second-order valence-corrected chi connectivity index (χ2v) is 12.2. The zero-order valence-corrected chi connectivity index (χ0v) is 28.1. The Morgan fingerprint density at radius 2 is 1.72 bits per heavy atom. The molecule has 5 nitrogen and oxygen atoms in total. The molecule has 0 saturated carbocycles. The summed E-state index contributed by atoms with van der Waals surface area (Å²) in [5.74, 6) is 1.58. The number of rotatable bonds is 6. The van der Waals surface area contributed by atoms with Gasteiger partial charge in [0.1, 0.15) is 16.5 Å². The molecule has 0 spiro atoms. The molecule has 0 saturated heterocycles. The summed E-state index contributed by atoms with van der Waals surface area (Å²) in [6, 6.07) is 28.0. The number of nitrogens with zero attached hydrogens (tertiary/aromatic N) is 4. The number of thiophene rings is 1. The molecule has 6 aromatic rings. The quantitative estimate of drug-likeness (QED) is 0.139. The van der Waals surface area contributed by atoms with Crippen molar-refractivity contribution in [2.75, 3.05) is 6.26 Å². The van der Waals surface area contributed by atoms with Gasteiger partial charge in [0.2, 0.25) is 0 Å². The van der Waals surface area contributed by atoms with E-state index in [0.717, 1.165) is 73.7 Å². The lowest BCUT2D eigenvalue weighted by molar-refractivity contribution is 0.798. The molecule has 232 valence electrons. The van der Waals surface area contributed by atoms with E-state index < -0.39 is 0 Å². The SMILES string of the molecule is C=C/C=C(\C=C/C)C1=NC(C2=CCCC=C2)N=C(c2ccc(-n3c4ccccc4c4nc5sc6ccccc6c5cc43)cc2)N1.CS. The first-order valence-corrected chi connectivity index (χ1v) is 17.4. The van der Waals surface area contributed by atoms with Gasteiger partial charge in [-0.05, 0) is 74.1 Å². The molecule has 0 radical (unpaired) electrons. The van der Waals surface area contributed by atoms with Crippen LogP contribution in [-0.2, 0) is 0 Å². The Morgan fingerprint density at radius 3 is 2.49 bits per heavy atom. The maximum atomic E-state index is 5.21. The Bertz CT molecular complexity index is 2330. The number of pyridine rings is 1. The van der Waals surface area contributed by atoms with Gasteiger partial charge in [-0.1, -0.05) is 85.5 Å². The van der Waals surface area contributed by atoms with Crippen molar-refractivity contribution in [1.29, 1.82) is 0 Å². The van der Waals surface area contributed by atoms with Gasteiger partial charge in [-0.3, -0.25) is 0 Å². The zero-order valence-electron chi connectivity index (χ0n) is 26.4. The third-order valence-corrected chi connectivity index (χ3v) is 9.45. The fraction of sp³-hybridized carbons (Fsp3) is 0.125. The van der Waals surface area contributed by atoms with E-state index in [2.05, 4.69) is 126 Å². The van der Waals surface area contributed by atoms with E-state index in [1.54, 1.807) is 23.7 Å². The minimum Gasteiger partial charge on any atom is -0.324 e. The lowest BCUT2D eigenvalue weighted by Crippen LogP contribution is -2.38. The van der Waals surface area contributed by atoms with Crippen LogP contribution in [0.4, 0.5) is 0 Å². The number of hydrogen-bond acceptors (Lipinski definition) is 6. The summed E-state index contributed by atoms with van der Waals surface area (Å²) < 4.78 is 3.59. The Kier molecular flexibility index (Phi) is 8.74. The van der Waals surface area contributed by atoms with Crippen LogP contribution in [0.5, 0.6) is 0 Å². The normalized spacial score (nSPS) is 16.6. The van der Waals surface area contributed by atoms with Crippen molar-refractivity contribution in [1.82, 2.24) is 14.9 Å². The number of nitrogens with one attached hydrogen (secondary N) is 1. The van der Waals surface area contributed by atoms with E-state index in [1.165, 1.54) is 15.5 Å². The van der Waals surface area contributed by atoms with Gasteiger partial charge in [0.25, 0.3) is 0 Å². The molecule has 8 rings (SSSR count). The average molecular weight is 650 g/mol. The molecule has 0 fully saturated rings. The van der Waals surface area contributed by atoms with Crippen molar-refractivity contribution >= 4 is 77.9 Å². The van der Waals surface area contributed by atoms with Crippen molar-refractivity contribution in [2.24, 2.45) is 9.98 Å². The number of fused-ring (bicyclic) bond motifs is 6. The second-order valence-electron chi connectivity index (χ2n) is 11.2. The highest BCUT2D eigenvalue weighted by atomic mass is 32.1. The van der Waals surface area contributed by atoms with Gasteiger partial charge in [-0.15, -0.1) is 11.3 Å². The predicted octanol–water partition coefficient (Wildman–Crippen LogP) is 10.1. The van der Waals surface area contributed by atoms with Crippen LogP contribution in [0.25, 0.3) is 47.9 Å². The molecular formula is C40H35N5S2. The maximum Gasteiger partial charge on any atom is 0.169 e. The predicted molar refractivity (Wildman–Crippen MR) is 207 cm³/mol. The molecule has 1 atom stereocenters. The maximum absolute atomic E-state index is 5.21. The van der Waals surface area contributed by atoms with Crippen LogP contribution in [0.3, 0.4) is 0 Å². The molecule has 1 unspecified atom stereocenters. The molecule has 0 bridgehead atoms. The van der Waals surface area contributed by atoms with Gasteiger partial charge in [-0.2, -0.15) is 12.6 Å². The number of hydrogen-bond donors (Lipinski definition) is 2. The number of benzene rings is 3. The summed E-state index contributed by atoms with van der Waals surface area (Å²) in [4.78, 5) is 16.4. The first-order chi connectivity index (χ1) is 23.2. The summed E-state index contributed by atoms with van der Waals surface area (Å²) in [6.45, 7) is 5.93. The lowest BCUT2D eigenvalue weighted by atomic mass is 10.0. The molecule has 1 aliphatic heterocycles. The van der Waals surface area contributed by atoms with E-state index in [9.17, 15) is 0 Å². The average Bonchev–Trinajstić information content (AvgIpc) is 3.66. The summed E-state index contributed by atoms with van der Waals surface area (Å²) in [7, 11) is 0. The van der Waals surface area contributed by atoms with Crippen LogP contribution in [0.15, 0.2) is 149 Å². The molecule has 7 heteroatoms. The second kappa shape index (κ2) is 13.4. The molecule has 1 aliphatic carbocycles. The minimum absolute atomic E-state index is 0.308. The van der Waals surface area contributed by atoms with Crippen LogP contribution in [0.1, 0.15) is 25.3 Å². The summed E-state index contributed by atoms with van der Waals surface area (Å²) in [6.07, 6.45) is 17.9. The van der Waals surface area contributed by atoms with Gasteiger partial charge >= 0.3 is 0 Å². The van der Waals surface area contributed by atoms with Crippen LogP contribution >= 0.6 is 24.0 Å². The van der Waals surface area contributed by atoms with Crippen molar-refractivity contribution in [2.45, 2.75) is 25.9 Å². The monoisotopic (exact) mass is 649 g/mol. The highest BCUT2D eigenvalue weighted by molar-refractivity contribution is 7.79. The Hall–Kier alpha value is -4.98. The summed E-state index contributed by atoms with van der Waals surface area (Å²) >= 11 is 5.28. The highest BCUT2D eigenvalue weighted by Crippen LogP contribution is 2.38. The van der Waals surface area contributed by atoms with Crippen molar-refractivity contribution in [3.05, 3.63) is 145 Å². The van der Waals surface area contributed by atoms with E-state index in [-0.39, 0.29) is 6.17 Å². The van der Waals surface area contributed by atoms with Crippen molar-refractivity contribution in [3.8, 4) is 5.69 Å². The fourth-order valence-electron chi connectivity index (χ4n) is 6.29. The number of allylic oxidation sites excluding steroid dienone is 5. The van der Waals surface area contributed by atoms with Crippen molar-refractivity contribution < 1.29 is 0 Å². The van der Waals surface area contributed by atoms with Gasteiger partial charge in [0.05, 0.1) is 16.6 Å². The first kappa shape index (κ1) is 30.7. The van der Waals surface area contributed by atoms with Gasteiger partial charge in [0, 0.05) is 37.7 Å². The Labute approximate surface area is 284 Å². The van der Waals surface area contributed by atoms with E-state index in [1.807, 2.05) is 25.2 Å². The van der Waals surface area contributed by atoms with Crippen LogP contribution < -0.4 is 5.32 Å². The van der Waals surface area contributed by atoms with Crippen LogP contribution in [0, 0.1) is 0 Å². The van der Waals surface area contributed by atoms with E-state index in [0.29, 0.717) is 0 Å². The summed E-state index contributed by atoms with van der Waals surface area (Å²) in [5, 5.41) is 7.11. The van der Waals surface area contributed by atoms with Crippen LogP contribution in [0.2, 0.25) is 0 Å². The largest absolute Gasteiger partial charge is 0.324 e. The van der Waals surface area contributed by atoms with E-state index in [4.69, 9.17) is 15.0 Å². The molecule has 3 aromatic heterocycles. The first-order valence-electron chi connectivity index (χ1n) is 15.7. The molecule has 2 aliphatic rings. The third-order valence-electron chi connectivity index (χ3n) is 8.37. The number of para-hydroxylation sites is 1.